The van der Waals surface area contributed by atoms with Gasteiger partial charge in [0.05, 0.1) is 11.9 Å². The molecule has 0 atom stereocenters. The standard InChI is InChI=1S/C21H22F2N6/c1-16-17(15-26-29(16)21-24-5-3-6-25-21)4-2-7-27-8-10-28(11-9-27)20-13-18(22)12-19(23)14-20/h2-6,12-15H,7-11H2,1H3. The highest BCUT2D eigenvalue weighted by Crippen LogP contribution is 2.20. The van der Waals surface area contributed by atoms with Crippen LogP contribution < -0.4 is 4.90 Å². The van der Waals surface area contributed by atoms with Gasteiger partial charge in [0, 0.05) is 62.4 Å². The predicted octanol–water partition coefficient (Wildman–Crippen LogP) is 3.08. The van der Waals surface area contributed by atoms with Crippen molar-refractivity contribution in [3.63, 3.8) is 0 Å². The van der Waals surface area contributed by atoms with Crippen LogP contribution in [0, 0.1) is 18.6 Å². The maximum Gasteiger partial charge on any atom is 0.250 e. The molecule has 0 radical (unpaired) electrons. The first-order valence-electron chi connectivity index (χ1n) is 9.52. The van der Waals surface area contributed by atoms with Crippen LogP contribution in [0.1, 0.15) is 11.3 Å². The minimum atomic E-state index is -0.540. The summed E-state index contributed by atoms with van der Waals surface area (Å²) < 4.78 is 28.6. The highest BCUT2D eigenvalue weighted by molar-refractivity contribution is 5.52. The van der Waals surface area contributed by atoms with E-state index in [4.69, 9.17) is 0 Å². The molecular formula is C21H22F2N6. The van der Waals surface area contributed by atoms with Gasteiger partial charge in [0.25, 0.3) is 5.95 Å². The Hall–Kier alpha value is -3.13. The van der Waals surface area contributed by atoms with Crippen LogP contribution in [0.3, 0.4) is 0 Å². The molecule has 0 spiro atoms. The van der Waals surface area contributed by atoms with Gasteiger partial charge in [0.1, 0.15) is 11.6 Å². The Morgan fingerprint density at radius 1 is 1.00 bits per heavy atom. The van der Waals surface area contributed by atoms with Crippen LogP contribution in [0.25, 0.3) is 12.0 Å². The zero-order valence-corrected chi connectivity index (χ0v) is 16.2. The first kappa shape index (κ1) is 19.2. The van der Waals surface area contributed by atoms with Crippen molar-refractivity contribution >= 4 is 11.8 Å². The summed E-state index contributed by atoms with van der Waals surface area (Å²) in [6.07, 6.45) is 9.35. The van der Waals surface area contributed by atoms with Gasteiger partial charge in [-0.2, -0.15) is 5.10 Å². The van der Waals surface area contributed by atoms with Gasteiger partial charge < -0.3 is 4.90 Å². The molecule has 6 nitrogen and oxygen atoms in total. The Morgan fingerprint density at radius 3 is 2.38 bits per heavy atom. The molecule has 0 bridgehead atoms. The fraction of sp³-hybridized carbons (Fsp3) is 0.286. The Bertz CT molecular complexity index is 973. The van der Waals surface area contributed by atoms with E-state index in [2.05, 4.69) is 32.1 Å². The molecule has 3 aromatic rings. The smallest absolute Gasteiger partial charge is 0.250 e. The van der Waals surface area contributed by atoms with E-state index < -0.39 is 11.6 Å². The molecule has 0 unspecified atom stereocenters. The molecule has 0 aliphatic carbocycles. The van der Waals surface area contributed by atoms with Gasteiger partial charge in [0.15, 0.2) is 0 Å². The quantitative estimate of drug-likeness (QED) is 0.663. The summed E-state index contributed by atoms with van der Waals surface area (Å²) in [7, 11) is 0. The van der Waals surface area contributed by atoms with Crippen molar-refractivity contribution in [2.75, 3.05) is 37.6 Å². The molecular weight excluding hydrogens is 374 g/mol. The molecule has 29 heavy (non-hydrogen) atoms. The van der Waals surface area contributed by atoms with Gasteiger partial charge in [-0.15, -0.1) is 0 Å². The summed E-state index contributed by atoms with van der Waals surface area (Å²) in [6, 6.07) is 5.44. The van der Waals surface area contributed by atoms with Crippen molar-refractivity contribution in [3.05, 3.63) is 71.8 Å². The minimum absolute atomic E-state index is 0.540. The van der Waals surface area contributed by atoms with Crippen LogP contribution in [0.15, 0.2) is 48.9 Å². The average molecular weight is 396 g/mol. The van der Waals surface area contributed by atoms with E-state index in [1.165, 1.54) is 12.1 Å². The van der Waals surface area contributed by atoms with Crippen LogP contribution in [0.2, 0.25) is 0 Å². The fourth-order valence-corrected chi connectivity index (χ4v) is 3.43. The van der Waals surface area contributed by atoms with Gasteiger partial charge in [0.2, 0.25) is 0 Å². The second-order valence-electron chi connectivity index (χ2n) is 6.96. The lowest BCUT2D eigenvalue weighted by molar-refractivity contribution is 0.284. The van der Waals surface area contributed by atoms with Gasteiger partial charge in [-0.05, 0) is 25.1 Å². The molecule has 1 aromatic carbocycles. The lowest BCUT2D eigenvalue weighted by Gasteiger charge is -2.35. The number of benzene rings is 1. The lowest BCUT2D eigenvalue weighted by Crippen LogP contribution is -2.46. The highest BCUT2D eigenvalue weighted by atomic mass is 19.1. The molecule has 3 heterocycles. The first-order chi connectivity index (χ1) is 14.1. The number of anilines is 1. The number of halogens is 2. The summed E-state index contributed by atoms with van der Waals surface area (Å²) >= 11 is 0. The largest absolute Gasteiger partial charge is 0.369 e. The molecule has 1 fully saturated rings. The Kier molecular flexibility index (Phi) is 5.62. The summed E-state index contributed by atoms with van der Waals surface area (Å²) in [5.74, 6) is -0.529. The van der Waals surface area contributed by atoms with Crippen molar-refractivity contribution in [2.45, 2.75) is 6.92 Å². The third kappa shape index (κ3) is 4.48. The van der Waals surface area contributed by atoms with Crippen molar-refractivity contribution in [1.29, 1.82) is 0 Å². The normalized spacial score (nSPS) is 15.3. The van der Waals surface area contributed by atoms with E-state index >= 15 is 0 Å². The summed E-state index contributed by atoms with van der Waals surface area (Å²) in [4.78, 5) is 12.8. The van der Waals surface area contributed by atoms with Crippen LogP contribution in [-0.2, 0) is 0 Å². The van der Waals surface area contributed by atoms with Crippen LogP contribution in [0.4, 0.5) is 14.5 Å². The van der Waals surface area contributed by atoms with Gasteiger partial charge in [-0.3, -0.25) is 4.90 Å². The summed E-state index contributed by atoms with van der Waals surface area (Å²) in [5.41, 5.74) is 2.60. The van der Waals surface area contributed by atoms with Gasteiger partial charge in [-0.1, -0.05) is 12.2 Å². The van der Waals surface area contributed by atoms with Crippen molar-refractivity contribution in [3.8, 4) is 5.95 Å². The van der Waals surface area contributed by atoms with E-state index in [-0.39, 0.29) is 0 Å². The molecule has 8 heteroatoms. The topological polar surface area (TPSA) is 50.1 Å². The third-order valence-electron chi connectivity index (χ3n) is 5.04. The second kappa shape index (κ2) is 8.48. The number of rotatable bonds is 5. The molecule has 1 saturated heterocycles. The maximum absolute atomic E-state index is 13.4. The molecule has 1 aliphatic rings. The number of nitrogens with zero attached hydrogens (tertiary/aromatic N) is 6. The average Bonchev–Trinajstić information content (AvgIpc) is 3.09. The van der Waals surface area contributed by atoms with Crippen LogP contribution in [0.5, 0.6) is 0 Å². The van der Waals surface area contributed by atoms with Crippen molar-refractivity contribution in [2.24, 2.45) is 0 Å². The SMILES string of the molecule is Cc1c(C=CCN2CCN(c3cc(F)cc(F)c3)CC2)cnn1-c1ncccn1. The number of hydrogen-bond donors (Lipinski definition) is 0. The van der Waals surface area contributed by atoms with E-state index in [1.54, 1.807) is 29.3 Å². The number of hydrogen-bond acceptors (Lipinski definition) is 5. The monoisotopic (exact) mass is 396 g/mol. The van der Waals surface area contributed by atoms with Gasteiger partial charge in [-0.25, -0.2) is 23.4 Å². The number of piperazine rings is 1. The van der Waals surface area contributed by atoms with Crippen molar-refractivity contribution in [1.82, 2.24) is 24.6 Å². The number of aromatic nitrogens is 4. The Morgan fingerprint density at radius 2 is 1.69 bits per heavy atom. The van der Waals surface area contributed by atoms with E-state index in [1.807, 2.05) is 11.8 Å². The van der Waals surface area contributed by atoms with E-state index in [9.17, 15) is 8.78 Å². The molecule has 1 aliphatic heterocycles. The van der Waals surface area contributed by atoms with Crippen LogP contribution >= 0.6 is 0 Å². The van der Waals surface area contributed by atoms with E-state index in [0.29, 0.717) is 11.6 Å². The molecule has 0 N–H and O–H groups in total. The zero-order valence-electron chi connectivity index (χ0n) is 16.2. The Balaban J connectivity index is 1.33. The molecule has 0 saturated carbocycles. The summed E-state index contributed by atoms with van der Waals surface area (Å²) in [5, 5.41) is 4.37. The molecule has 0 amide bonds. The second-order valence-corrected chi connectivity index (χ2v) is 6.96. The highest BCUT2D eigenvalue weighted by Gasteiger charge is 2.17. The van der Waals surface area contributed by atoms with Gasteiger partial charge >= 0.3 is 0 Å². The zero-order chi connectivity index (χ0) is 20.2. The summed E-state index contributed by atoms with van der Waals surface area (Å²) in [6.45, 7) is 5.92. The molecule has 150 valence electrons. The van der Waals surface area contributed by atoms with Crippen LogP contribution in [-0.4, -0.2) is 57.4 Å². The predicted molar refractivity (Wildman–Crippen MR) is 108 cm³/mol. The fourth-order valence-electron chi connectivity index (χ4n) is 3.43. The minimum Gasteiger partial charge on any atom is -0.369 e. The van der Waals surface area contributed by atoms with Crippen molar-refractivity contribution < 1.29 is 8.78 Å². The lowest BCUT2D eigenvalue weighted by atomic mass is 10.2. The maximum atomic E-state index is 13.4. The molecule has 4 rings (SSSR count). The molecule has 2 aromatic heterocycles. The third-order valence-corrected chi connectivity index (χ3v) is 5.04. The Labute approximate surface area is 168 Å². The first-order valence-corrected chi connectivity index (χ1v) is 9.52. The van der Waals surface area contributed by atoms with E-state index in [0.717, 1.165) is 50.0 Å².